The van der Waals surface area contributed by atoms with Crippen molar-refractivity contribution in [2.75, 3.05) is 0 Å². The van der Waals surface area contributed by atoms with Crippen LogP contribution in [0.1, 0.15) is 0 Å². The van der Waals surface area contributed by atoms with Crippen molar-refractivity contribution in [2.24, 2.45) is 5.14 Å². The van der Waals surface area contributed by atoms with Crippen LogP contribution in [0.15, 0.2) is 21.7 Å². The lowest BCUT2D eigenvalue weighted by Gasteiger charge is -1.86. The van der Waals surface area contributed by atoms with E-state index in [0.717, 1.165) is 0 Å². The van der Waals surface area contributed by atoms with Gasteiger partial charge in [0, 0.05) is 5.38 Å². The average molecular weight is 200 g/mol. The molecule has 2 N–H and O–H groups in total. The van der Waals surface area contributed by atoms with E-state index in [1.54, 1.807) is 5.38 Å². The van der Waals surface area contributed by atoms with Gasteiger partial charge < -0.3 is 0 Å². The lowest BCUT2D eigenvalue weighted by molar-refractivity contribution is 0.598. The van der Waals surface area contributed by atoms with Gasteiger partial charge in [0.2, 0.25) is 10.0 Å². The van der Waals surface area contributed by atoms with Crippen LogP contribution in [0.25, 0.3) is 0 Å². The molecule has 3 nitrogen and oxygen atoms in total. The summed E-state index contributed by atoms with van der Waals surface area (Å²) in [7, 11) is -3.45. The number of nitrogens with two attached hydrogens (primary N) is 1. The number of hydrogen-bond acceptors (Lipinski definition) is 3. The second-order valence-corrected chi connectivity index (χ2v) is 3.85. The van der Waals surface area contributed by atoms with Crippen molar-refractivity contribution in [1.82, 2.24) is 0 Å². The molecule has 10 heavy (non-hydrogen) atoms. The minimum Gasteiger partial charge on any atom is -0.225 e. The molecule has 0 bridgehead atoms. The van der Waals surface area contributed by atoms with Crippen molar-refractivity contribution >= 4 is 33.8 Å². The number of rotatable bonds is 1. The van der Waals surface area contributed by atoms with Crippen LogP contribution in [0.5, 0.6) is 0 Å². The molecule has 0 amide bonds. The third-order valence-corrected chi connectivity index (χ3v) is 2.57. The van der Waals surface area contributed by atoms with Gasteiger partial charge in [-0.25, -0.2) is 13.6 Å². The fraction of sp³-hybridized carbons (Fsp3) is 0. The minimum atomic E-state index is -3.45. The molecule has 1 aromatic rings. The Kier molecular flexibility index (Phi) is 3.30. The lowest BCUT2D eigenvalue weighted by Crippen LogP contribution is -2.10. The van der Waals surface area contributed by atoms with E-state index in [0.29, 0.717) is 0 Å². The van der Waals surface area contributed by atoms with E-state index < -0.39 is 10.0 Å². The zero-order valence-corrected chi connectivity index (χ0v) is 7.30. The van der Waals surface area contributed by atoms with Gasteiger partial charge >= 0.3 is 0 Å². The molecule has 1 rings (SSSR count). The first-order valence-electron chi connectivity index (χ1n) is 2.16. The summed E-state index contributed by atoms with van der Waals surface area (Å²) >= 11 is 1.31. The van der Waals surface area contributed by atoms with Gasteiger partial charge in [-0.05, 0) is 11.4 Å². The van der Waals surface area contributed by atoms with Gasteiger partial charge in [0.25, 0.3) is 0 Å². The second kappa shape index (κ2) is 3.34. The first kappa shape index (κ1) is 9.90. The Bertz CT molecular complexity index is 278. The zero-order chi connectivity index (χ0) is 6.91. The molecular formula is C4H6ClNO2S2. The van der Waals surface area contributed by atoms with Gasteiger partial charge in [0.05, 0.1) is 4.90 Å². The summed E-state index contributed by atoms with van der Waals surface area (Å²) < 4.78 is 21.0. The molecule has 0 atom stereocenters. The Morgan fingerprint density at radius 2 is 2.10 bits per heavy atom. The second-order valence-electron chi connectivity index (χ2n) is 1.50. The van der Waals surface area contributed by atoms with Crippen LogP contribution in [0, 0.1) is 0 Å². The maximum atomic E-state index is 10.5. The zero-order valence-electron chi connectivity index (χ0n) is 4.85. The SMILES string of the molecule is Cl.NS(=O)(=O)c1ccsc1. The summed E-state index contributed by atoms with van der Waals surface area (Å²) in [5, 5.41) is 7.94. The maximum Gasteiger partial charge on any atom is 0.238 e. The molecule has 0 unspecified atom stereocenters. The predicted molar refractivity (Wildman–Crippen MR) is 42.9 cm³/mol. The monoisotopic (exact) mass is 199 g/mol. The Labute approximate surface area is 69.3 Å². The highest BCUT2D eigenvalue weighted by atomic mass is 35.5. The molecule has 6 heteroatoms. The molecule has 0 fully saturated rings. The minimum absolute atomic E-state index is 0. The van der Waals surface area contributed by atoms with Crippen molar-refractivity contribution in [3.05, 3.63) is 16.8 Å². The Balaban J connectivity index is 0.000000810. The third-order valence-electron chi connectivity index (χ3n) is 0.824. The molecule has 0 aliphatic carbocycles. The number of thiophene rings is 1. The van der Waals surface area contributed by atoms with Gasteiger partial charge in [-0.3, -0.25) is 0 Å². The van der Waals surface area contributed by atoms with E-state index >= 15 is 0 Å². The van der Waals surface area contributed by atoms with Crippen LogP contribution in [-0.2, 0) is 10.0 Å². The Hall–Kier alpha value is -0.100. The summed E-state index contributed by atoms with van der Waals surface area (Å²) in [6.45, 7) is 0. The maximum absolute atomic E-state index is 10.5. The molecule has 0 aliphatic heterocycles. The van der Waals surface area contributed by atoms with Gasteiger partial charge in [-0.15, -0.1) is 12.4 Å². The summed E-state index contributed by atoms with van der Waals surface area (Å²) in [6, 6.07) is 1.47. The lowest BCUT2D eigenvalue weighted by atomic mass is 10.7. The summed E-state index contributed by atoms with van der Waals surface area (Å²) in [5.41, 5.74) is 0. The molecule has 0 saturated heterocycles. The molecule has 0 saturated carbocycles. The molecule has 1 heterocycles. The fourth-order valence-corrected chi connectivity index (χ4v) is 1.98. The smallest absolute Gasteiger partial charge is 0.225 e. The predicted octanol–water partition coefficient (Wildman–Crippen LogP) is 0.817. The van der Waals surface area contributed by atoms with Gasteiger partial charge in [0.15, 0.2) is 0 Å². The van der Waals surface area contributed by atoms with Crippen LogP contribution >= 0.6 is 23.7 Å². The summed E-state index contributed by atoms with van der Waals surface area (Å²) in [5.74, 6) is 0. The largest absolute Gasteiger partial charge is 0.238 e. The van der Waals surface area contributed by atoms with Crippen molar-refractivity contribution in [3.63, 3.8) is 0 Å². The molecule has 0 radical (unpaired) electrons. The van der Waals surface area contributed by atoms with Gasteiger partial charge in [-0.2, -0.15) is 11.3 Å². The molecule has 1 aromatic heterocycles. The topological polar surface area (TPSA) is 60.2 Å². The van der Waals surface area contributed by atoms with Crippen molar-refractivity contribution in [1.29, 1.82) is 0 Å². The summed E-state index contributed by atoms with van der Waals surface area (Å²) in [4.78, 5) is 0.188. The Morgan fingerprint density at radius 3 is 2.30 bits per heavy atom. The van der Waals surface area contributed by atoms with Crippen LogP contribution in [-0.4, -0.2) is 8.42 Å². The van der Waals surface area contributed by atoms with Crippen LogP contribution < -0.4 is 5.14 Å². The highest BCUT2D eigenvalue weighted by molar-refractivity contribution is 7.89. The van der Waals surface area contributed by atoms with Crippen molar-refractivity contribution < 1.29 is 8.42 Å². The van der Waals surface area contributed by atoms with E-state index in [4.69, 9.17) is 5.14 Å². The van der Waals surface area contributed by atoms with E-state index in [1.165, 1.54) is 22.8 Å². The first-order chi connectivity index (χ1) is 4.11. The molecule has 0 spiro atoms. The Morgan fingerprint density at radius 1 is 1.50 bits per heavy atom. The van der Waals surface area contributed by atoms with Gasteiger partial charge in [0.1, 0.15) is 0 Å². The molecule has 0 aliphatic rings. The fourth-order valence-electron chi connectivity index (χ4n) is 0.414. The van der Waals surface area contributed by atoms with E-state index in [2.05, 4.69) is 0 Å². The van der Waals surface area contributed by atoms with E-state index in [9.17, 15) is 8.42 Å². The number of primary sulfonamides is 1. The number of hydrogen-bond donors (Lipinski definition) is 1. The van der Waals surface area contributed by atoms with Crippen LogP contribution in [0.4, 0.5) is 0 Å². The van der Waals surface area contributed by atoms with E-state index in [-0.39, 0.29) is 17.3 Å². The molecule has 0 aromatic carbocycles. The van der Waals surface area contributed by atoms with Crippen LogP contribution in [0.3, 0.4) is 0 Å². The third kappa shape index (κ3) is 2.26. The molecule has 58 valence electrons. The van der Waals surface area contributed by atoms with Crippen LogP contribution in [0.2, 0.25) is 0 Å². The number of halogens is 1. The number of sulfonamides is 1. The average Bonchev–Trinajstić information content (AvgIpc) is 2.08. The van der Waals surface area contributed by atoms with Crippen molar-refractivity contribution in [3.8, 4) is 0 Å². The standard InChI is InChI=1S/C4H5NO2S2.ClH/c5-9(6,7)4-1-2-8-3-4;/h1-3H,(H2,5,6,7);1H. The van der Waals surface area contributed by atoms with Gasteiger partial charge in [-0.1, -0.05) is 0 Å². The van der Waals surface area contributed by atoms with E-state index in [1.807, 2.05) is 0 Å². The first-order valence-corrected chi connectivity index (χ1v) is 4.64. The quantitative estimate of drug-likeness (QED) is 0.728. The molecular weight excluding hydrogens is 194 g/mol. The highest BCUT2D eigenvalue weighted by Gasteiger charge is 2.05. The normalized spacial score (nSPS) is 10.5. The van der Waals surface area contributed by atoms with Crippen molar-refractivity contribution in [2.45, 2.75) is 4.90 Å². The summed E-state index contributed by atoms with van der Waals surface area (Å²) in [6.07, 6.45) is 0. The highest BCUT2D eigenvalue weighted by Crippen LogP contribution is 2.09.